The van der Waals surface area contributed by atoms with Crippen molar-refractivity contribution in [3.63, 3.8) is 0 Å². The number of aryl methyl sites for hydroxylation is 5. The molecule has 12 aromatic rings. The molecule has 4 aromatic heterocycles. The number of anilines is 6. The summed E-state index contributed by atoms with van der Waals surface area (Å²) in [4.78, 5) is 4.97. The summed E-state index contributed by atoms with van der Waals surface area (Å²) in [6.45, 7) is 13.4. The zero-order valence-corrected chi connectivity index (χ0v) is 37.2. The molecule has 0 unspecified atom stereocenters. The van der Waals surface area contributed by atoms with Crippen LogP contribution in [-0.2, 0) is 6.42 Å². The average Bonchev–Trinajstić information content (AvgIpc) is 4.04. The molecule has 0 aliphatic heterocycles. The minimum atomic E-state index is 1.01. The number of fused-ring (bicyclic) bond motifs is 12. The predicted octanol–water partition coefficient (Wildman–Crippen LogP) is 16.6. The van der Waals surface area contributed by atoms with Crippen LogP contribution in [0.25, 0.3) is 71.4 Å². The molecule has 0 amide bonds. The quantitative estimate of drug-likeness (QED) is 0.166. The van der Waals surface area contributed by atoms with E-state index in [0.717, 1.165) is 18.5 Å². The first-order chi connectivity index (χ1) is 31.3. The van der Waals surface area contributed by atoms with Gasteiger partial charge < -0.3 is 18.6 Å². The molecule has 0 saturated heterocycles. The molecule has 0 fully saturated rings. The van der Waals surface area contributed by atoms with Crippen LogP contribution >= 0.6 is 0 Å². The van der Waals surface area contributed by atoms with Gasteiger partial charge in [0.15, 0.2) is 0 Å². The van der Waals surface area contributed by atoms with Gasteiger partial charge in [-0.1, -0.05) is 72.8 Å². The van der Waals surface area contributed by atoms with Gasteiger partial charge in [-0.3, -0.25) is 0 Å². The van der Waals surface area contributed by atoms with Crippen molar-refractivity contribution in [2.45, 2.75) is 54.4 Å². The monoisotopic (exact) mass is 824 g/mol. The standard InChI is InChI=1S/C60H48N4/c1-35-29-43(30-36(2)39(35)5)61(41-17-9-7-10-18-41)53-27-25-45-49-33-56-50(34-55(49)63-51-23-15-13-21-47(51)57(53)59(45)63)46-26-28-54(58-48-22-14-16-24-52(48)64(56)60(46)58)62(42-19-11-8-12-20-42)44-31-37(3)40(6)38(4)32-44/h7-13,15-21,23-34H,14,22H2,1-6H3. The highest BCUT2D eigenvalue weighted by atomic mass is 15.2. The molecule has 0 bridgehead atoms. The van der Waals surface area contributed by atoms with Gasteiger partial charge >= 0.3 is 0 Å². The second-order valence-corrected chi connectivity index (χ2v) is 18.3. The zero-order chi connectivity index (χ0) is 43.1. The number of hydrogen-bond acceptors (Lipinski definition) is 2. The third-order valence-corrected chi connectivity index (χ3v) is 14.9. The van der Waals surface area contributed by atoms with E-state index in [1.54, 1.807) is 0 Å². The number of rotatable bonds is 6. The molecule has 4 heteroatoms. The van der Waals surface area contributed by atoms with Crippen LogP contribution in [0.15, 0.2) is 152 Å². The zero-order valence-electron chi connectivity index (χ0n) is 37.2. The number of allylic oxidation sites excluding steroid dienone is 1. The number of hydrogen-bond donors (Lipinski definition) is 0. The SMILES string of the molecule is Cc1cc(N(c2ccccc2)c2ccc3c4cc5c(cc4n4c6c(c2c34)CCC=C6)c2ccc(N(c3ccccc3)c3cc(C)c(C)c(C)c3)c3c4ccccc4n5c23)cc(C)c1C. The second-order valence-electron chi connectivity index (χ2n) is 18.3. The summed E-state index contributed by atoms with van der Waals surface area (Å²) >= 11 is 0. The van der Waals surface area contributed by atoms with Crippen LogP contribution in [0.3, 0.4) is 0 Å². The lowest BCUT2D eigenvalue weighted by Gasteiger charge is -2.28. The lowest BCUT2D eigenvalue weighted by molar-refractivity contribution is 0.984. The van der Waals surface area contributed by atoms with Crippen molar-refractivity contribution in [1.29, 1.82) is 0 Å². The molecule has 4 nitrogen and oxygen atoms in total. The van der Waals surface area contributed by atoms with Crippen LogP contribution in [0.1, 0.15) is 51.1 Å². The molecular formula is C60H48N4. The number of para-hydroxylation sites is 3. The lowest BCUT2D eigenvalue weighted by Crippen LogP contribution is -2.11. The predicted molar refractivity (Wildman–Crippen MR) is 273 cm³/mol. The maximum atomic E-state index is 2.60. The lowest BCUT2D eigenvalue weighted by atomic mass is 9.96. The van der Waals surface area contributed by atoms with E-state index in [4.69, 9.17) is 0 Å². The molecule has 0 atom stereocenters. The van der Waals surface area contributed by atoms with Crippen LogP contribution in [-0.4, -0.2) is 8.80 Å². The maximum absolute atomic E-state index is 2.60. The number of aromatic nitrogens is 2. The van der Waals surface area contributed by atoms with Crippen LogP contribution < -0.4 is 9.80 Å². The fraction of sp³-hybridized carbons (Fsp3) is 0.133. The Labute approximate surface area is 373 Å². The first kappa shape index (κ1) is 37.0. The smallest absolute Gasteiger partial charge is 0.0641 e. The topological polar surface area (TPSA) is 15.3 Å². The molecule has 0 radical (unpaired) electrons. The van der Waals surface area contributed by atoms with Gasteiger partial charge in [0, 0.05) is 66.1 Å². The summed E-state index contributed by atoms with van der Waals surface area (Å²) in [5.41, 5.74) is 24.1. The van der Waals surface area contributed by atoms with E-state index in [2.05, 4.69) is 218 Å². The molecule has 0 N–H and O–H groups in total. The summed E-state index contributed by atoms with van der Waals surface area (Å²) in [5, 5.41) is 9.05. The van der Waals surface area contributed by atoms with E-state index in [1.165, 1.54) is 138 Å². The summed E-state index contributed by atoms with van der Waals surface area (Å²) in [6, 6.07) is 54.8. The van der Waals surface area contributed by atoms with Gasteiger partial charge in [-0.05, 0) is 178 Å². The minimum Gasteiger partial charge on any atom is -0.310 e. The van der Waals surface area contributed by atoms with Crippen LogP contribution in [0, 0.1) is 41.5 Å². The van der Waals surface area contributed by atoms with E-state index in [-0.39, 0.29) is 0 Å². The van der Waals surface area contributed by atoms with E-state index in [1.807, 2.05) is 0 Å². The molecular weight excluding hydrogens is 777 g/mol. The van der Waals surface area contributed by atoms with Gasteiger partial charge in [-0.25, -0.2) is 0 Å². The molecule has 13 rings (SSSR count). The maximum Gasteiger partial charge on any atom is 0.0641 e. The van der Waals surface area contributed by atoms with Gasteiger partial charge in [0.25, 0.3) is 0 Å². The Balaban J connectivity index is 1.11. The van der Waals surface area contributed by atoms with Gasteiger partial charge in [0.2, 0.25) is 0 Å². The van der Waals surface area contributed by atoms with Crippen molar-refractivity contribution in [3.8, 4) is 0 Å². The fourth-order valence-corrected chi connectivity index (χ4v) is 11.4. The average molecular weight is 825 g/mol. The van der Waals surface area contributed by atoms with Crippen molar-refractivity contribution in [1.82, 2.24) is 8.80 Å². The van der Waals surface area contributed by atoms with Crippen LogP contribution in [0.2, 0.25) is 0 Å². The van der Waals surface area contributed by atoms with Gasteiger partial charge in [0.1, 0.15) is 0 Å². The van der Waals surface area contributed by atoms with Gasteiger partial charge in [-0.15, -0.1) is 0 Å². The molecule has 308 valence electrons. The molecule has 1 aliphatic carbocycles. The highest BCUT2D eigenvalue weighted by Crippen LogP contribution is 2.51. The Morgan fingerprint density at radius 1 is 0.406 bits per heavy atom. The third kappa shape index (κ3) is 4.99. The van der Waals surface area contributed by atoms with E-state index in [9.17, 15) is 0 Å². The van der Waals surface area contributed by atoms with Crippen LogP contribution in [0.4, 0.5) is 34.1 Å². The Hall–Kier alpha value is -7.56. The van der Waals surface area contributed by atoms with Crippen molar-refractivity contribution in [3.05, 3.63) is 196 Å². The minimum absolute atomic E-state index is 1.01. The fourth-order valence-electron chi connectivity index (χ4n) is 11.4. The van der Waals surface area contributed by atoms with Gasteiger partial charge in [-0.2, -0.15) is 0 Å². The molecule has 1 aliphatic rings. The number of benzene rings is 8. The van der Waals surface area contributed by atoms with Crippen LogP contribution in [0.5, 0.6) is 0 Å². The van der Waals surface area contributed by atoms with Crippen molar-refractivity contribution in [2.24, 2.45) is 0 Å². The first-order valence-corrected chi connectivity index (χ1v) is 22.8. The van der Waals surface area contributed by atoms with E-state index >= 15 is 0 Å². The molecule has 8 aromatic carbocycles. The van der Waals surface area contributed by atoms with E-state index in [0.29, 0.717) is 0 Å². The normalized spacial score (nSPS) is 13.0. The highest BCUT2D eigenvalue weighted by Gasteiger charge is 2.30. The Morgan fingerprint density at radius 3 is 1.45 bits per heavy atom. The van der Waals surface area contributed by atoms with Crippen molar-refractivity contribution >= 4 is 105 Å². The summed E-state index contributed by atoms with van der Waals surface area (Å²) < 4.78 is 5.15. The summed E-state index contributed by atoms with van der Waals surface area (Å²) in [5.74, 6) is 0. The summed E-state index contributed by atoms with van der Waals surface area (Å²) in [7, 11) is 0. The molecule has 64 heavy (non-hydrogen) atoms. The largest absolute Gasteiger partial charge is 0.310 e. The van der Waals surface area contributed by atoms with Gasteiger partial charge in [0.05, 0.1) is 39.0 Å². The molecule has 4 heterocycles. The summed E-state index contributed by atoms with van der Waals surface area (Å²) in [6.07, 6.45) is 6.80. The molecule has 0 spiro atoms. The highest BCUT2D eigenvalue weighted by molar-refractivity contribution is 6.30. The Bertz CT molecular complexity index is 3860. The van der Waals surface area contributed by atoms with Crippen molar-refractivity contribution in [2.75, 3.05) is 9.80 Å². The second kappa shape index (κ2) is 13.5. The number of nitrogens with zero attached hydrogens (tertiary/aromatic N) is 4. The van der Waals surface area contributed by atoms with Crippen molar-refractivity contribution < 1.29 is 0 Å². The Morgan fingerprint density at radius 2 is 0.891 bits per heavy atom. The molecule has 0 saturated carbocycles. The third-order valence-electron chi connectivity index (χ3n) is 14.9. The first-order valence-electron chi connectivity index (χ1n) is 22.8. The Kier molecular flexibility index (Phi) is 7.80. The van der Waals surface area contributed by atoms with E-state index < -0.39 is 0 Å².